The van der Waals surface area contributed by atoms with Crippen LogP contribution in [0, 0.1) is 11.6 Å². The first kappa shape index (κ1) is 34.3. The highest BCUT2D eigenvalue weighted by molar-refractivity contribution is 5.81. The van der Waals surface area contributed by atoms with Crippen molar-refractivity contribution in [3.63, 3.8) is 0 Å². The lowest BCUT2D eigenvalue weighted by molar-refractivity contribution is -0.114. The number of para-hydroxylation sites is 2. The van der Waals surface area contributed by atoms with Gasteiger partial charge in [-0.15, -0.1) is 0 Å². The van der Waals surface area contributed by atoms with Crippen molar-refractivity contribution in [3.05, 3.63) is 166 Å². The highest BCUT2D eigenvalue weighted by atomic mass is 19.1. The van der Waals surface area contributed by atoms with E-state index in [-0.39, 0.29) is 57.1 Å². The Morgan fingerprint density at radius 1 is 0.564 bits per heavy atom. The van der Waals surface area contributed by atoms with Crippen LogP contribution < -0.4 is 20.7 Å². The molecule has 0 aliphatic heterocycles. The van der Waals surface area contributed by atoms with Gasteiger partial charge in [-0.3, -0.25) is 4.79 Å². The molecule has 0 amide bonds. The standard InChI is InChI=1S/C40H24F2N6O7/c41-26-15-11-24(12-16-26)33-35(30-19-21-43-39(45-30)52-28-7-3-1-4-8-28)47(54-37(33)50)32(23-49)48-36(34(38(51)55-48)25-13-17-27(42)18-14-25)31-20-22-44-40(46-31)53-29-9-5-2-6-10-29/h1-23,32H. The number of carbonyl (C=O) groups is 1. The van der Waals surface area contributed by atoms with Gasteiger partial charge in [-0.25, -0.2) is 28.3 Å². The van der Waals surface area contributed by atoms with Crippen LogP contribution in [0.5, 0.6) is 23.5 Å². The summed E-state index contributed by atoms with van der Waals surface area (Å²) in [7, 11) is 0. The van der Waals surface area contributed by atoms with Crippen molar-refractivity contribution in [3.8, 4) is 68.5 Å². The number of carbonyl (C=O) groups excluding carboxylic acids is 1. The number of hydrogen-bond donors (Lipinski definition) is 0. The quantitative estimate of drug-likeness (QED) is 0.121. The highest BCUT2D eigenvalue weighted by Crippen LogP contribution is 2.37. The van der Waals surface area contributed by atoms with Crippen molar-refractivity contribution in [2.45, 2.75) is 6.17 Å². The van der Waals surface area contributed by atoms with Crippen LogP contribution in [0.2, 0.25) is 0 Å². The van der Waals surface area contributed by atoms with E-state index in [0.717, 1.165) is 33.7 Å². The third-order valence-electron chi connectivity index (χ3n) is 8.21. The Morgan fingerprint density at radius 2 is 0.964 bits per heavy atom. The molecule has 0 spiro atoms. The lowest BCUT2D eigenvalue weighted by Gasteiger charge is -2.17. The Kier molecular flexibility index (Phi) is 9.14. The van der Waals surface area contributed by atoms with Crippen LogP contribution in [0.4, 0.5) is 8.78 Å². The Balaban J connectivity index is 1.34. The molecular formula is C40H24F2N6O7. The molecule has 4 heterocycles. The van der Waals surface area contributed by atoms with Gasteiger partial charge in [0.25, 0.3) is 0 Å². The fraction of sp³-hybridized carbons (Fsp3) is 0.0250. The monoisotopic (exact) mass is 738 g/mol. The molecule has 0 bridgehead atoms. The van der Waals surface area contributed by atoms with Crippen molar-refractivity contribution in [1.82, 2.24) is 29.4 Å². The van der Waals surface area contributed by atoms with E-state index in [1.54, 1.807) is 60.7 Å². The molecule has 8 aromatic rings. The number of nitrogens with zero attached hydrogens (tertiary/aromatic N) is 6. The fourth-order valence-corrected chi connectivity index (χ4v) is 5.81. The highest BCUT2D eigenvalue weighted by Gasteiger charge is 2.33. The largest absolute Gasteiger partial charge is 0.424 e. The molecule has 15 heteroatoms. The first-order valence-electron chi connectivity index (χ1n) is 16.5. The predicted molar refractivity (Wildman–Crippen MR) is 192 cm³/mol. The third kappa shape index (κ3) is 6.92. The maximum atomic E-state index is 14.1. The molecule has 0 unspecified atom stereocenters. The summed E-state index contributed by atoms with van der Waals surface area (Å²) in [5, 5.41) is 0. The molecule has 0 radical (unpaired) electrons. The average molecular weight is 739 g/mol. The molecule has 4 aromatic heterocycles. The normalized spacial score (nSPS) is 11.1. The van der Waals surface area contributed by atoms with Crippen molar-refractivity contribution < 1.29 is 32.1 Å². The van der Waals surface area contributed by atoms with Crippen molar-refractivity contribution in [2.24, 2.45) is 0 Å². The molecule has 0 aliphatic rings. The van der Waals surface area contributed by atoms with Gasteiger partial charge in [0, 0.05) is 12.4 Å². The molecule has 8 rings (SSSR count). The van der Waals surface area contributed by atoms with Crippen LogP contribution in [0.15, 0.2) is 152 Å². The first-order chi connectivity index (χ1) is 26.9. The number of rotatable bonds is 11. The lowest BCUT2D eigenvalue weighted by atomic mass is 10.0. The van der Waals surface area contributed by atoms with Gasteiger partial charge >= 0.3 is 23.3 Å². The zero-order chi connectivity index (χ0) is 37.9. The Bertz CT molecular complexity index is 2560. The summed E-state index contributed by atoms with van der Waals surface area (Å²) in [5.74, 6) is -0.288. The van der Waals surface area contributed by atoms with E-state index in [0.29, 0.717) is 17.8 Å². The summed E-state index contributed by atoms with van der Waals surface area (Å²) in [4.78, 5) is 58.3. The molecular weight excluding hydrogens is 714 g/mol. The third-order valence-corrected chi connectivity index (χ3v) is 8.21. The summed E-state index contributed by atoms with van der Waals surface area (Å²) >= 11 is 0. The molecule has 0 atom stereocenters. The zero-order valence-corrected chi connectivity index (χ0v) is 28.2. The lowest BCUT2D eigenvalue weighted by Crippen LogP contribution is -2.21. The second kappa shape index (κ2) is 14.7. The Hall–Kier alpha value is -7.81. The number of aldehydes is 1. The maximum Gasteiger partial charge on any atom is 0.366 e. The summed E-state index contributed by atoms with van der Waals surface area (Å²) < 4.78 is 53.2. The van der Waals surface area contributed by atoms with Crippen molar-refractivity contribution in [1.29, 1.82) is 0 Å². The van der Waals surface area contributed by atoms with E-state index in [1.165, 1.54) is 48.8 Å². The van der Waals surface area contributed by atoms with Gasteiger partial charge in [-0.1, -0.05) is 60.7 Å². The topological polar surface area (TPSA) is 157 Å². The second-order valence-electron chi connectivity index (χ2n) is 11.7. The van der Waals surface area contributed by atoms with Gasteiger partial charge in [0.15, 0.2) is 6.29 Å². The number of aromatic nitrogens is 6. The molecule has 0 aliphatic carbocycles. The smallest absolute Gasteiger partial charge is 0.366 e. The van der Waals surface area contributed by atoms with Gasteiger partial charge in [0.1, 0.15) is 34.5 Å². The van der Waals surface area contributed by atoms with E-state index in [9.17, 15) is 23.2 Å². The van der Waals surface area contributed by atoms with E-state index in [1.807, 2.05) is 0 Å². The minimum absolute atomic E-state index is 0.0494. The Morgan fingerprint density at radius 3 is 1.35 bits per heavy atom. The Labute approximate surface area is 308 Å². The van der Waals surface area contributed by atoms with Crippen LogP contribution in [-0.4, -0.2) is 35.7 Å². The molecule has 0 fully saturated rings. The van der Waals surface area contributed by atoms with E-state index < -0.39 is 29.1 Å². The van der Waals surface area contributed by atoms with Crippen LogP contribution in [0.3, 0.4) is 0 Å². The average Bonchev–Trinajstić information content (AvgIpc) is 3.73. The molecule has 0 saturated heterocycles. The summed E-state index contributed by atoms with van der Waals surface area (Å²) in [6.45, 7) is 0. The number of hydrogen-bond acceptors (Lipinski definition) is 11. The molecule has 0 saturated carbocycles. The van der Waals surface area contributed by atoms with E-state index in [2.05, 4.69) is 19.9 Å². The SMILES string of the molecule is O=CC(n1oc(=O)c(-c2ccc(F)cc2)c1-c1ccnc(Oc2ccccc2)n1)n1oc(=O)c(-c2ccc(F)cc2)c1-c1ccnc(Oc2ccccc2)n1. The molecule has 0 N–H and O–H groups in total. The number of halogens is 2. The predicted octanol–water partition coefficient (Wildman–Crippen LogP) is 7.55. The minimum Gasteiger partial charge on any atom is -0.424 e. The fourth-order valence-electron chi connectivity index (χ4n) is 5.81. The molecule has 55 heavy (non-hydrogen) atoms. The molecule has 4 aromatic carbocycles. The minimum atomic E-state index is -1.74. The first-order valence-corrected chi connectivity index (χ1v) is 16.5. The summed E-state index contributed by atoms with van der Waals surface area (Å²) in [6.07, 6.45) is 1.37. The number of benzene rings is 4. The second-order valence-corrected chi connectivity index (χ2v) is 11.7. The van der Waals surface area contributed by atoms with Crippen molar-refractivity contribution in [2.75, 3.05) is 0 Å². The van der Waals surface area contributed by atoms with Crippen LogP contribution in [-0.2, 0) is 4.79 Å². The van der Waals surface area contributed by atoms with E-state index in [4.69, 9.17) is 18.5 Å². The summed E-state index contributed by atoms with van der Waals surface area (Å²) in [6, 6.07) is 30.1. The van der Waals surface area contributed by atoms with Gasteiger partial charge in [0.2, 0.25) is 6.17 Å². The van der Waals surface area contributed by atoms with Gasteiger partial charge in [0.05, 0.1) is 22.5 Å². The maximum absolute atomic E-state index is 14.1. The van der Waals surface area contributed by atoms with E-state index >= 15 is 0 Å². The molecule has 270 valence electrons. The van der Waals surface area contributed by atoms with Crippen LogP contribution >= 0.6 is 0 Å². The molecule has 13 nitrogen and oxygen atoms in total. The van der Waals surface area contributed by atoms with Gasteiger partial charge < -0.3 is 18.5 Å². The van der Waals surface area contributed by atoms with Crippen molar-refractivity contribution >= 4 is 6.29 Å². The summed E-state index contributed by atoms with van der Waals surface area (Å²) in [5.41, 5.74) is -1.69. The van der Waals surface area contributed by atoms with Gasteiger partial charge in [-0.05, 0) is 71.8 Å². The van der Waals surface area contributed by atoms with Crippen LogP contribution in [0.25, 0.3) is 45.0 Å². The van der Waals surface area contributed by atoms with Crippen LogP contribution in [0.1, 0.15) is 6.17 Å². The number of ether oxygens (including phenoxy) is 2. The zero-order valence-electron chi connectivity index (χ0n) is 28.2. The van der Waals surface area contributed by atoms with Gasteiger partial charge in [-0.2, -0.15) is 19.4 Å².